The van der Waals surface area contributed by atoms with Crippen molar-refractivity contribution >= 4 is 40.6 Å². The zero-order valence-electron chi connectivity index (χ0n) is 35.0. The molecule has 17 heteroatoms. The average Bonchev–Trinajstić information content (AvgIpc) is 3.19. The molecule has 2 saturated heterocycles. The molecule has 0 N–H and O–H groups in total. The van der Waals surface area contributed by atoms with Crippen LogP contribution in [0.25, 0.3) is 0 Å². The number of aromatic nitrogens is 4. The van der Waals surface area contributed by atoms with Gasteiger partial charge in [0.05, 0.1) is 13.2 Å². The summed E-state index contributed by atoms with van der Waals surface area (Å²) in [6.45, 7) is 26.2. The van der Waals surface area contributed by atoms with E-state index in [4.69, 9.17) is 25.8 Å². The summed E-state index contributed by atoms with van der Waals surface area (Å²) in [7, 11) is 0. The molecule has 2 aromatic rings. The summed E-state index contributed by atoms with van der Waals surface area (Å²) < 4.78 is 16.0. The zero-order valence-corrected chi connectivity index (χ0v) is 35.8. The number of amides is 2. The van der Waals surface area contributed by atoms with E-state index in [0.29, 0.717) is 6.54 Å². The van der Waals surface area contributed by atoms with E-state index in [1.165, 1.54) is 55.0 Å². The van der Waals surface area contributed by atoms with Crippen LogP contribution < -0.4 is 0 Å². The highest BCUT2D eigenvalue weighted by atomic mass is 35.5. The molecule has 0 spiro atoms. The molecule has 57 heavy (non-hydrogen) atoms. The van der Waals surface area contributed by atoms with Crippen molar-refractivity contribution in [3.63, 3.8) is 0 Å². The fourth-order valence-corrected chi connectivity index (χ4v) is 5.59. The number of rotatable bonds is 7. The molecule has 1 unspecified atom stereocenters. The number of carbonyl (C=O) groups is 5. The minimum atomic E-state index is -0.927. The van der Waals surface area contributed by atoms with E-state index in [9.17, 15) is 24.0 Å². The van der Waals surface area contributed by atoms with Crippen LogP contribution in [0.1, 0.15) is 96.4 Å². The number of nitrogens with zero attached hydrogens (tertiary/aromatic N) is 8. The standard InChI is InChI=1S/C15H19N3O4.C14H24N2O3.C6H15N.C5H3ClN2O/c1-15(2,3)22-14(21)18-8-5-11(19)10(9-18)12(20)13-16-6-4-7-17-13;1-14(2,3)19-13(17)16-6-4-12(5-7-16)15-8-10-18-11-9-15;1-4-7(5-2)6-3;6-4(9)5-7-2-1-3-8-5/h4,6-7,10H,5,8-9H2,1-3H3;4H,5-11H2,1-3H3;4-6H2,1-3H3;1-3H. The molecule has 3 aliphatic heterocycles. The largest absolute Gasteiger partial charge is 0.444 e. The van der Waals surface area contributed by atoms with Gasteiger partial charge >= 0.3 is 12.2 Å². The number of carbonyl (C=O) groups excluding carboxylic acids is 5. The number of piperidine rings is 1. The molecule has 5 rings (SSSR count). The molecule has 1 atom stereocenters. The summed E-state index contributed by atoms with van der Waals surface area (Å²) >= 11 is 5.04. The Morgan fingerprint density at radius 2 is 1.23 bits per heavy atom. The molecule has 2 fully saturated rings. The fourth-order valence-electron chi connectivity index (χ4n) is 5.50. The van der Waals surface area contributed by atoms with E-state index < -0.39 is 34.2 Å². The highest BCUT2D eigenvalue weighted by molar-refractivity contribution is 6.67. The molecule has 16 nitrogen and oxygen atoms in total. The molecule has 0 aromatic carbocycles. The van der Waals surface area contributed by atoms with Crippen molar-refractivity contribution in [1.82, 2.24) is 39.5 Å². The Hall–Kier alpha value is -4.54. The first-order chi connectivity index (χ1) is 26.9. The van der Waals surface area contributed by atoms with Crippen LogP contribution in [0.15, 0.2) is 48.7 Å². The summed E-state index contributed by atoms with van der Waals surface area (Å²) in [4.78, 5) is 81.4. The van der Waals surface area contributed by atoms with Crippen LogP contribution in [0.2, 0.25) is 0 Å². The Morgan fingerprint density at radius 1 is 0.754 bits per heavy atom. The van der Waals surface area contributed by atoms with E-state index in [-0.39, 0.29) is 43.0 Å². The van der Waals surface area contributed by atoms with Gasteiger partial charge in [-0.3, -0.25) is 14.4 Å². The molecule has 316 valence electrons. The van der Waals surface area contributed by atoms with Gasteiger partial charge in [0.1, 0.15) is 22.9 Å². The topological polar surface area (TPSA) is 178 Å². The molecule has 0 radical (unpaired) electrons. The van der Waals surface area contributed by atoms with E-state index >= 15 is 0 Å². The summed E-state index contributed by atoms with van der Waals surface area (Å²) in [6, 6.07) is 3.20. The third-order valence-corrected chi connectivity index (χ3v) is 8.68. The summed E-state index contributed by atoms with van der Waals surface area (Å²) in [6.07, 6.45) is 8.24. The maximum absolute atomic E-state index is 12.3. The van der Waals surface area contributed by atoms with Crippen molar-refractivity contribution in [3.8, 4) is 0 Å². The zero-order chi connectivity index (χ0) is 42.6. The van der Waals surface area contributed by atoms with Gasteiger partial charge in [0.2, 0.25) is 11.6 Å². The fraction of sp³-hybridized carbons (Fsp3) is 0.625. The van der Waals surface area contributed by atoms with Gasteiger partial charge in [-0.1, -0.05) is 20.8 Å². The number of morpholine rings is 1. The van der Waals surface area contributed by atoms with Gasteiger partial charge in [-0.2, -0.15) is 0 Å². The number of Topliss-reactive ketones (excluding diaryl/α,β-unsaturated/α-hetero) is 2. The second-order valence-corrected chi connectivity index (χ2v) is 15.4. The van der Waals surface area contributed by atoms with Crippen molar-refractivity contribution < 1.29 is 38.2 Å². The maximum Gasteiger partial charge on any atom is 0.410 e. The lowest BCUT2D eigenvalue weighted by molar-refractivity contribution is -0.124. The van der Waals surface area contributed by atoms with Gasteiger partial charge in [-0.15, -0.1) is 0 Å². The van der Waals surface area contributed by atoms with Gasteiger partial charge in [-0.25, -0.2) is 29.5 Å². The highest BCUT2D eigenvalue weighted by Gasteiger charge is 2.37. The minimum Gasteiger partial charge on any atom is -0.444 e. The molecular weight excluding hydrogens is 756 g/mol. The van der Waals surface area contributed by atoms with E-state index in [0.717, 1.165) is 39.3 Å². The summed E-state index contributed by atoms with van der Waals surface area (Å²) in [5, 5.41) is -0.629. The Kier molecular flexibility index (Phi) is 20.7. The van der Waals surface area contributed by atoms with E-state index in [1.807, 2.05) is 20.8 Å². The average molecular weight is 817 g/mol. The monoisotopic (exact) mass is 816 g/mol. The third kappa shape index (κ3) is 18.5. The van der Waals surface area contributed by atoms with Crippen molar-refractivity contribution in [1.29, 1.82) is 0 Å². The van der Waals surface area contributed by atoms with E-state index in [1.54, 1.807) is 37.8 Å². The molecule has 5 heterocycles. The van der Waals surface area contributed by atoms with Crippen molar-refractivity contribution in [2.75, 3.05) is 72.1 Å². The Labute approximate surface area is 342 Å². The van der Waals surface area contributed by atoms with Crippen LogP contribution in [-0.2, 0) is 19.0 Å². The Bertz CT molecular complexity index is 1590. The van der Waals surface area contributed by atoms with Crippen LogP contribution in [0.4, 0.5) is 9.59 Å². The molecule has 2 aromatic heterocycles. The molecule has 0 bridgehead atoms. The third-order valence-electron chi connectivity index (χ3n) is 8.51. The predicted octanol–water partition coefficient (Wildman–Crippen LogP) is 5.53. The minimum absolute atomic E-state index is 0.00480. The van der Waals surface area contributed by atoms with Crippen LogP contribution in [0, 0.1) is 5.92 Å². The van der Waals surface area contributed by atoms with Crippen LogP contribution in [0.3, 0.4) is 0 Å². The van der Waals surface area contributed by atoms with Crippen molar-refractivity contribution in [2.45, 2.75) is 86.4 Å². The summed E-state index contributed by atoms with van der Waals surface area (Å²) in [5.74, 6) is -1.55. The second kappa shape index (κ2) is 24.3. The van der Waals surface area contributed by atoms with Gasteiger partial charge in [0.25, 0.3) is 5.24 Å². The van der Waals surface area contributed by atoms with Gasteiger partial charge in [0.15, 0.2) is 5.82 Å². The smallest absolute Gasteiger partial charge is 0.410 e. The number of ketones is 2. The second-order valence-electron chi connectivity index (χ2n) is 15.1. The van der Waals surface area contributed by atoms with Gasteiger partial charge < -0.3 is 33.8 Å². The molecular formula is C40H61ClN8O8. The normalized spacial score (nSPS) is 17.0. The molecule has 0 aliphatic carbocycles. The Balaban J connectivity index is 0.000000288. The molecule has 3 aliphatic rings. The van der Waals surface area contributed by atoms with Crippen LogP contribution in [0.5, 0.6) is 0 Å². The summed E-state index contributed by atoms with van der Waals surface area (Å²) in [5.41, 5.74) is 0.286. The first-order valence-corrected chi connectivity index (χ1v) is 19.8. The lowest BCUT2D eigenvalue weighted by atomic mass is 9.92. The highest BCUT2D eigenvalue weighted by Crippen LogP contribution is 2.21. The number of halogens is 1. The SMILES string of the molecule is CC(C)(C)OC(=O)N1CC=C(N2CCOCC2)CC1.CC(C)(C)OC(=O)N1CCC(=O)C(C(=O)c2ncccn2)C1.CCN(CC)CC.O=C(Cl)c1ncccn1. The first-order valence-electron chi connectivity index (χ1n) is 19.4. The van der Waals surface area contributed by atoms with Crippen LogP contribution >= 0.6 is 11.6 Å². The quantitative estimate of drug-likeness (QED) is 0.194. The first kappa shape index (κ1) is 48.6. The van der Waals surface area contributed by atoms with Crippen molar-refractivity contribution in [2.24, 2.45) is 5.92 Å². The van der Waals surface area contributed by atoms with Gasteiger partial charge in [0, 0.05) is 82.6 Å². The molecule has 2 amide bonds. The van der Waals surface area contributed by atoms with Crippen LogP contribution in [-0.4, -0.2) is 152 Å². The Morgan fingerprint density at radius 3 is 1.63 bits per heavy atom. The number of hydrogen-bond donors (Lipinski definition) is 0. The molecule has 0 saturated carbocycles. The van der Waals surface area contributed by atoms with Crippen molar-refractivity contribution in [3.05, 3.63) is 60.3 Å². The van der Waals surface area contributed by atoms with Gasteiger partial charge in [-0.05, 0) is 91.0 Å². The van der Waals surface area contributed by atoms with E-state index in [2.05, 4.69) is 56.6 Å². The number of ether oxygens (including phenoxy) is 3. The number of likely N-dealkylation sites (tertiary alicyclic amines) is 1. The maximum atomic E-state index is 12.3. The lowest BCUT2D eigenvalue weighted by Gasteiger charge is -2.35. The predicted molar refractivity (Wildman–Crippen MR) is 216 cm³/mol. The lowest BCUT2D eigenvalue weighted by Crippen LogP contribution is -2.48. The number of hydrogen-bond acceptors (Lipinski definition) is 14.